The van der Waals surface area contributed by atoms with Gasteiger partial charge in [0.05, 0.1) is 19.8 Å². The highest BCUT2D eigenvalue weighted by Crippen LogP contribution is 2.11. The Kier molecular flexibility index (Phi) is 7.40. The topological polar surface area (TPSA) is 60.5 Å². The van der Waals surface area contributed by atoms with Gasteiger partial charge in [-0.25, -0.2) is 4.98 Å². The number of hydrogen-bond acceptors (Lipinski definition) is 4. The lowest BCUT2D eigenvalue weighted by atomic mass is 10.2. The molecule has 0 aliphatic rings. The van der Waals surface area contributed by atoms with Crippen molar-refractivity contribution in [2.24, 2.45) is 0 Å². The molecule has 0 atom stereocenters. The van der Waals surface area contributed by atoms with E-state index in [0.29, 0.717) is 37.1 Å². The van der Waals surface area contributed by atoms with Crippen molar-refractivity contribution < 1.29 is 14.3 Å². The molecule has 0 aliphatic carbocycles. The Morgan fingerprint density at radius 2 is 2.16 bits per heavy atom. The van der Waals surface area contributed by atoms with E-state index in [9.17, 15) is 4.79 Å². The van der Waals surface area contributed by atoms with E-state index in [-0.39, 0.29) is 5.91 Å². The molecular weight excluding hydrogens is 268 g/mol. The molecule has 6 heteroatoms. The number of methoxy groups -OCH3 is 1. The van der Waals surface area contributed by atoms with Crippen LogP contribution in [0.5, 0.6) is 0 Å². The summed E-state index contributed by atoms with van der Waals surface area (Å²) in [4.78, 5) is 16.0. The molecule has 0 bridgehead atoms. The van der Waals surface area contributed by atoms with Gasteiger partial charge in [0.2, 0.25) is 0 Å². The molecule has 106 valence electrons. The van der Waals surface area contributed by atoms with Crippen LogP contribution in [0.3, 0.4) is 0 Å². The van der Waals surface area contributed by atoms with Crippen molar-refractivity contribution in [1.82, 2.24) is 10.3 Å². The highest BCUT2D eigenvalue weighted by Gasteiger charge is 2.08. The summed E-state index contributed by atoms with van der Waals surface area (Å²) in [5.41, 5.74) is 1.32. The quantitative estimate of drug-likeness (QED) is 0.584. The minimum absolute atomic E-state index is 0.172. The third-order valence-electron chi connectivity index (χ3n) is 2.44. The second-order valence-electron chi connectivity index (χ2n) is 3.88. The maximum Gasteiger partial charge on any atom is 0.251 e. The molecule has 0 saturated heterocycles. The lowest BCUT2D eigenvalue weighted by Gasteiger charge is -2.07. The molecule has 1 rings (SSSR count). The van der Waals surface area contributed by atoms with Gasteiger partial charge in [-0.05, 0) is 18.6 Å². The van der Waals surface area contributed by atoms with E-state index < -0.39 is 0 Å². The first kappa shape index (κ1) is 15.9. The number of nitrogens with one attached hydrogen (secondary N) is 1. The summed E-state index contributed by atoms with van der Waals surface area (Å²) >= 11 is 5.86. The number of carbonyl (C=O) groups is 1. The zero-order chi connectivity index (χ0) is 14.1. The van der Waals surface area contributed by atoms with Crippen LogP contribution in [0.1, 0.15) is 23.0 Å². The van der Waals surface area contributed by atoms with Gasteiger partial charge in [-0.2, -0.15) is 0 Å². The molecule has 1 N–H and O–H groups in total. The average molecular weight is 287 g/mol. The van der Waals surface area contributed by atoms with Crippen LogP contribution in [0, 0.1) is 0 Å². The number of amides is 1. The van der Waals surface area contributed by atoms with Crippen LogP contribution < -0.4 is 5.32 Å². The smallest absolute Gasteiger partial charge is 0.251 e. The van der Waals surface area contributed by atoms with Crippen molar-refractivity contribution in [2.75, 3.05) is 33.5 Å². The van der Waals surface area contributed by atoms with Crippen LogP contribution in [0.4, 0.5) is 0 Å². The molecule has 19 heavy (non-hydrogen) atoms. The van der Waals surface area contributed by atoms with Gasteiger partial charge in [0.15, 0.2) is 0 Å². The predicted molar refractivity (Wildman–Crippen MR) is 73.7 cm³/mol. The van der Waals surface area contributed by atoms with Gasteiger partial charge in [-0.3, -0.25) is 4.79 Å². The number of pyridine rings is 1. The van der Waals surface area contributed by atoms with Crippen molar-refractivity contribution in [3.8, 4) is 0 Å². The summed E-state index contributed by atoms with van der Waals surface area (Å²) in [6, 6.07) is 3.30. The SMILES string of the molecule is CCc1cc(C(=O)NCCOCCOC)cc(Cl)n1. The van der Waals surface area contributed by atoms with Gasteiger partial charge >= 0.3 is 0 Å². The summed E-state index contributed by atoms with van der Waals surface area (Å²) in [5.74, 6) is -0.172. The molecule has 0 radical (unpaired) electrons. The molecule has 0 fully saturated rings. The zero-order valence-corrected chi connectivity index (χ0v) is 12.0. The standard InChI is InChI=1S/C13H19ClN2O3/c1-3-11-8-10(9-12(14)16-11)13(17)15-4-5-19-7-6-18-2/h8-9H,3-7H2,1-2H3,(H,15,17). The Morgan fingerprint density at radius 3 is 2.84 bits per heavy atom. The van der Waals surface area contributed by atoms with E-state index >= 15 is 0 Å². The Labute approximate surface area is 118 Å². The molecule has 1 aromatic rings. The van der Waals surface area contributed by atoms with Gasteiger partial charge in [0.1, 0.15) is 5.15 Å². The highest BCUT2D eigenvalue weighted by molar-refractivity contribution is 6.29. The van der Waals surface area contributed by atoms with E-state index in [1.54, 1.807) is 19.2 Å². The van der Waals surface area contributed by atoms with Gasteiger partial charge < -0.3 is 14.8 Å². The van der Waals surface area contributed by atoms with Crippen LogP contribution in [0.15, 0.2) is 12.1 Å². The van der Waals surface area contributed by atoms with Crippen LogP contribution >= 0.6 is 11.6 Å². The van der Waals surface area contributed by atoms with E-state index in [0.717, 1.165) is 12.1 Å². The van der Waals surface area contributed by atoms with Crippen molar-refractivity contribution in [1.29, 1.82) is 0 Å². The van der Waals surface area contributed by atoms with Crippen LogP contribution in [0.25, 0.3) is 0 Å². The monoisotopic (exact) mass is 286 g/mol. The number of ether oxygens (including phenoxy) is 2. The Bertz CT molecular complexity index is 413. The van der Waals surface area contributed by atoms with E-state index in [1.165, 1.54) is 0 Å². The summed E-state index contributed by atoms with van der Waals surface area (Å²) < 4.78 is 10.1. The number of nitrogens with zero attached hydrogens (tertiary/aromatic N) is 1. The normalized spacial score (nSPS) is 10.5. The van der Waals surface area contributed by atoms with Gasteiger partial charge in [0.25, 0.3) is 5.91 Å². The Hall–Kier alpha value is -1.17. The first-order valence-electron chi connectivity index (χ1n) is 6.18. The van der Waals surface area contributed by atoms with Crippen molar-refractivity contribution in [2.45, 2.75) is 13.3 Å². The molecule has 0 aromatic carbocycles. The van der Waals surface area contributed by atoms with Crippen LogP contribution in [-0.4, -0.2) is 44.4 Å². The largest absolute Gasteiger partial charge is 0.382 e. The number of rotatable bonds is 8. The summed E-state index contributed by atoms with van der Waals surface area (Å²) in [6.07, 6.45) is 0.737. The number of carbonyl (C=O) groups excluding carboxylic acids is 1. The molecule has 1 aromatic heterocycles. The maximum absolute atomic E-state index is 11.9. The fraction of sp³-hybridized carbons (Fsp3) is 0.538. The van der Waals surface area contributed by atoms with Gasteiger partial charge in [-0.1, -0.05) is 18.5 Å². The minimum Gasteiger partial charge on any atom is -0.382 e. The van der Waals surface area contributed by atoms with E-state index in [2.05, 4.69) is 10.3 Å². The first-order valence-corrected chi connectivity index (χ1v) is 6.56. The molecule has 5 nitrogen and oxygen atoms in total. The lowest BCUT2D eigenvalue weighted by Crippen LogP contribution is -2.27. The third kappa shape index (κ3) is 6.00. The van der Waals surface area contributed by atoms with Crippen LogP contribution in [-0.2, 0) is 15.9 Å². The number of halogens is 1. The van der Waals surface area contributed by atoms with Gasteiger partial charge in [-0.15, -0.1) is 0 Å². The maximum atomic E-state index is 11.9. The molecule has 1 heterocycles. The number of aromatic nitrogens is 1. The lowest BCUT2D eigenvalue weighted by molar-refractivity contribution is 0.0692. The Balaban J connectivity index is 2.39. The van der Waals surface area contributed by atoms with Crippen LogP contribution in [0.2, 0.25) is 5.15 Å². The average Bonchev–Trinajstić information content (AvgIpc) is 2.41. The molecule has 0 saturated carbocycles. The van der Waals surface area contributed by atoms with Crippen molar-refractivity contribution in [3.63, 3.8) is 0 Å². The second kappa shape index (κ2) is 8.85. The Morgan fingerprint density at radius 1 is 1.37 bits per heavy atom. The zero-order valence-electron chi connectivity index (χ0n) is 11.2. The second-order valence-corrected chi connectivity index (χ2v) is 4.27. The van der Waals surface area contributed by atoms with Crippen molar-refractivity contribution >= 4 is 17.5 Å². The summed E-state index contributed by atoms with van der Waals surface area (Å²) in [6.45, 7) is 3.93. The predicted octanol–water partition coefficient (Wildman–Crippen LogP) is 1.69. The number of hydrogen-bond donors (Lipinski definition) is 1. The highest BCUT2D eigenvalue weighted by atomic mass is 35.5. The summed E-state index contributed by atoms with van der Waals surface area (Å²) in [7, 11) is 1.61. The summed E-state index contributed by atoms with van der Waals surface area (Å²) in [5, 5.41) is 3.10. The molecule has 0 spiro atoms. The molecule has 0 aliphatic heterocycles. The van der Waals surface area contributed by atoms with Crippen molar-refractivity contribution in [3.05, 3.63) is 28.5 Å². The molecular formula is C13H19ClN2O3. The molecule has 1 amide bonds. The first-order chi connectivity index (χ1) is 9.17. The number of aryl methyl sites for hydroxylation is 1. The third-order valence-corrected chi connectivity index (χ3v) is 2.63. The fourth-order valence-corrected chi connectivity index (χ4v) is 1.67. The molecule has 0 unspecified atom stereocenters. The fourth-order valence-electron chi connectivity index (χ4n) is 1.45. The van der Waals surface area contributed by atoms with Gasteiger partial charge in [0, 0.05) is 24.9 Å². The van der Waals surface area contributed by atoms with E-state index in [4.69, 9.17) is 21.1 Å². The minimum atomic E-state index is -0.172. The van der Waals surface area contributed by atoms with E-state index in [1.807, 2.05) is 6.92 Å².